The van der Waals surface area contributed by atoms with Gasteiger partial charge in [0.05, 0.1) is 0 Å². The largest absolute Gasteiger partial charge is 0.449 e. The molecular weight excluding hydrogens is 424 g/mol. The third-order valence-electron chi connectivity index (χ3n) is 5.02. The van der Waals surface area contributed by atoms with Gasteiger partial charge in [0.1, 0.15) is 17.5 Å². The Balaban J connectivity index is 1.32. The number of carbonyl (C=O) groups is 1. The van der Waals surface area contributed by atoms with Gasteiger partial charge in [-0.3, -0.25) is 4.79 Å². The lowest BCUT2D eigenvalue weighted by Crippen LogP contribution is -2.29. The second kappa shape index (κ2) is 7.52. The molecular formula is C23H20N6O4. The molecule has 4 aromatic rings. The molecule has 3 heterocycles. The molecule has 1 aliphatic heterocycles. The number of nitrogens with zero attached hydrogens (tertiary/aromatic N) is 3. The maximum atomic E-state index is 12.4. The molecule has 4 N–H and O–H groups in total. The third kappa shape index (κ3) is 3.89. The zero-order valence-corrected chi connectivity index (χ0v) is 17.8. The van der Waals surface area contributed by atoms with Gasteiger partial charge in [0, 0.05) is 49.2 Å². The number of nitrogens with one attached hydrogen (secondary N) is 2. The first-order chi connectivity index (χ1) is 15.8. The van der Waals surface area contributed by atoms with Crippen molar-refractivity contribution in [3.8, 4) is 17.2 Å². The maximum absolute atomic E-state index is 12.4. The molecule has 5 rings (SSSR count). The van der Waals surface area contributed by atoms with Crippen LogP contribution in [0.2, 0.25) is 0 Å². The second-order valence-electron chi connectivity index (χ2n) is 7.90. The van der Waals surface area contributed by atoms with Crippen LogP contribution in [-0.2, 0) is 0 Å². The van der Waals surface area contributed by atoms with E-state index in [2.05, 4.69) is 20.6 Å². The van der Waals surface area contributed by atoms with E-state index in [-0.39, 0.29) is 16.6 Å². The minimum atomic E-state index is -0.736. The van der Waals surface area contributed by atoms with Gasteiger partial charge in [0.2, 0.25) is 5.79 Å². The number of carbonyl (C=O) groups excluding carboxylic acids is 1. The standard InChI is InChI=1S/C23H20N6O4/c1-23(2)32-17-8-5-14(11-18(17)33-23)28-22(31)27-13-3-6-15(7-4-13)29-10-9-16(30)19-20(24)25-12-26-21(19)29/h3-12H,1-2H3,(H2,24,25,26)(H2,27,28,31). The zero-order chi connectivity index (χ0) is 23.2. The van der Waals surface area contributed by atoms with E-state index in [0.29, 0.717) is 28.5 Å². The number of nitrogen functional groups attached to an aromatic ring is 1. The molecule has 0 unspecified atom stereocenters. The van der Waals surface area contributed by atoms with Crippen LogP contribution in [-0.4, -0.2) is 26.4 Å². The molecule has 0 atom stereocenters. The maximum Gasteiger partial charge on any atom is 0.323 e. The molecule has 33 heavy (non-hydrogen) atoms. The molecule has 0 saturated carbocycles. The van der Waals surface area contributed by atoms with Crippen LogP contribution in [0.5, 0.6) is 11.5 Å². The molecule has 0 spiro atoms. The average molecular weight is 444 g/mol. The summed E-state index contributed by atoms with van der Waals surface area (Å²) in [5, 5.41) is 5.81. The number of rotatable bonds is 3. The summed E-state index contributed by atoms with van der Waals surface area (Å²) in [6.07, 6.45) is 2.93. The van der Waals surface area contributed by atoms with Gasteiger partial charge in [-0.05, 0) is 36.4 Å². The van der Waals surface area contributed by atoms with Gasteiger partial charge in [-0.25, -0.2) is 14.8 Å². The number of hydrogen-bond acceptors (Lipinski definition) is 7. The highest BCUT2D eigenvalue weighted by Gasteiger charge is 2.31. The first-order valence-electron chi connectivity index (χ1n) is 10.1. The summed E-state index contributed by atoms with van der Waals surface area (Å²) in [6.45, 7) is 3.63. The van der Waals surface area contributed by atoms with E-state index in [1.54, 1.807) is 53.2 Å². The quantitative estimate of drug-likeness (QED) is 0.440. The number of ether oxygens (including phenoxy) is 2. The Labute approximate surface area is 188 Å². The van der Waals surface area contributed by atoms with Crippen molar-refractivity contribution in [3.63, 3.8) is 0 Å². The first kappa shape index (κ1) is 20.3. The fourth-order valence-electron chi connectivity index (χ4n) is 3.61. The van der Waals surface area contributed by atoms with Crippen molar-refractivity contribution in [1.29, 1.82) is 0 Å². The van der Waals surface area contributed by atoms with Crippen molar-refractivity contribution in [2.75, 3.05) is 16.4 Å². The minimum Gasteiger partial charge on any atom is -0.449 e. The summed E-state index contributed by atoms with van der Waals surface area (Å²) >= 11 is 0. The topological polar surface area (TPSA) is 133 Å². The van der Waals surface area contributed by atoms with Crippen molar-refractivity contribution in [2.45, 2.75) is 19.6 Å². The van der Waals surface area contributed by atoms with Crippen molar-refractivity contribution < 1.29 is 14.3 Å². The molecule has 1 aliphatic rings. The minimum absolute atomic E-state index is 0.126. The Morgan fingerprint density at radius 2 is 1.67 bits per heavy atom. The molecule has 0 saturated heterocycles. The molecule has 2 aromatic carbocycles. The smallest absolute Gasteiger partial charge is 0.323 e. The molecule has 10 heteroatoms. The molecule has 0 radical (unpaired) electrons. The van der Waals surface area contributed by atoms with E-state index < -0.39 is 11.8 Å². The predicted molar refractivity (Wildman–Crippen MR) is 124 cm³/mol. The van der Waals surface area contributed by atoms with Crippen LogP contribution in [0.1, 0.15) is 13.8 Å². The SMILES string of the molecule is CC1(C)Oc2ccc(NC(=O)Nc3ccc(-n4ccc(=O)c5c(N)ncnc54)cc3)cc2O1. The predicted octanol–water partition coefficient (Wildman–Crippen LogP) is 3.51. The van der Waals surface area contributed by atoms with Gasteiger partial charge in [-0.2, -0.15) is 0 Å². The van der Waals surface area contributed by atoms with E-state index in [1.165, 1.54) is 12.4 Å². The Morgan fingerprint density at radius 1 is 0.970 bits per heavy atom. The molecule has 166 valence electrons. The van der Waals surface area contributed by atoms with Gasteiger partial charge in [-0.1, -0.05) is 0 Å². The zero-order valence-electron chi connectivity index (χ0n) is 17.8. The van der Waals surface area contributed by atoms with Crippen molar-refractivity contribution in [3.05, 3.63) is 71.3 Å². The van der Waals surface area contributed by atoms with Crippen LogP contribution < -0.4 is 31.3 Å². The molecule has 2 aromatic heterocycles. The molecule has 0 fully saturated rings. The monoisotopic (exact) mass is 444 g/mol. The number of pyridine rings is 1. The first-order valence-corrected chi connectivity index (χ1v) is 10.1. The summed E-state index contributed by atoms with van der Waals surface area (Å²) < 4.78 is 13.1. The number of hydrogen-bond donors (Lipinski definition) is 3. The lowest BCUT2D eigenvalue weighted by Gasteiger charge is -2.16. The number of anilines is 3. The molecule has 10 nitrogen and oxygen atoms in total. The highest BCUT2D eigenvalue weighted by molar-refractivity contribution is 6.00. The number of amides is 2. The van der Waals surface area contributed by atoms with E-state index in [4.69, 9.17) is 15.2 Å². The van der Waals surface area contributed by atoms with E-state index in [0.717, 1.165) is 5.69 Å². The summed E-state index contributed by atoms with van der Waals surface area (Å²) in [7, 11) is 0. The van der Waals surface area contributed by atoms with Crippen LogP contribution in [0.15, 0.2) is 65.8 Å². The fraction of sp³-hybridized carbons (Fsp3) is 0.130. The number of aromatic nitrogens is 3. The van der Waals surface area contributed by atoms with Gasteiger partial charge < -0.3 is 30.4 Å². The Morgan fingerprint density at radius 3 is 2.45 bits per heavy atom. The molecule has 0 bridgehead atoms. The average Bonchev–Trinajstić information content (AvgIpc) is 3.08. The highest BCUT2D eigenvalue weighted by Crippen LogP contribution is 2.40. The van der Waals surface area contributed by atoms with Crippen LogP contribution in [0.4, 0.5) is 22.0 Å². The van der Waals surface area contributed by atoms with Crippen LogP contribution in [0.3, 0.4) is 0 Å². The van der Waals surface area contributed by atoms with E-state index in [9.17, 15) is 9.59 Å². The molecule has 0 aliphatic carbocycles. The summed E-state index contributed by atoms with van der Waals surface area (Å²) in [5.74, 6) is 0.588. The number of fused-ring (bicyclic) bond motifs is 2. The summed E-state index contributed by atoms with van der Waals surface area (Å²) in [4.78, 5) is 32.7. The van der Waals surface area contributed by atoms with Gasteiger partial charge in [0.15, 0.2) is 22.6 Å². The van der Waals surface area contributed by atoms with Crippen molar-refractivity contribution in [2.24, 2.45) is 0 Å². The molecule has 2 amide bonds. The van der Waals surface area contributed by atoms with Crippen molar-refractivity contribution >= 4 is 34.3 Å². The van der Waals surface area contributed by atoms with Gasteiger partial charge in [0.25, 0.3) is 0 Å². The van der Waals surface area contributed by atoms with Gasteiger partial charge in [-0.15, -0.1) is 0 Å². The number of urea groups is 1. The normalized spacial score (nSPS) is 13.6. The van der Waals surface area contributed by atoms with Gasteiger partial charge >= 0.3 is 6.03 Å². The lowest BCUT2D eigenvalue weighted by molar-refractivity contribution is -0.0431. The second-order valence-corrected chi connectivity index (χ2v) is 7.90. The Hall–Kier alpha value is -4.60. The summed E-state index contributed by atoms with van der Waals surface area (Å²) in [6, 6.07) is 13.3. The number of benzene rings is 2. The Bertz CT molecular complexity index is 1450. The van der Waals surface area contributed by atoms with Crippen LogP contribution >= 0.6 is 0 Å². The summed E-state index contributed by atoms with van der Waals surface area (Å²) in [5.41, 5.74) is 7.90. The number of nitrogens with two attached hydrogens (primary N) is 1. The van der Waals surface area contributed by atoms with Crippen molar-refractivity contribution in [1.82, 2.24) is 14.5 Å². The fourth-order valence-corrected chi connectivity index (χ4v) is 3.61. The highest BCUT2D eigenvalue weighted by atomic mass is 16.7. The van der Waals surface area contributed by atoms with Crippen LogP contribution in [0.25, 0.3) is 16.7 Å². The van der Waals surface area contributed by atoms with E-state index >= 15 is 0 Å². The third-order valence-corrected chi connectivity index (χ3v) is 5.02. The Kier molecular flexibility index (Phi) is 4.63. The lowest BCUT2D eigenvalue weighted by atomic mass is 10.2. The van der Waals surface area contributed by atoms with Crippen LogP contribution in [0, 0.1) is 0 Å². The van der Waals surface area contributed by atoms with E-state index in [1.807, 2.05) is 13.8 Å².